The Bertz CT molecular complexity index is 368. The molecule has 2 rings (SSSR count). The maximum absolute atomic E-state index is 5.76. The van der Waals surface area contributed by atoms with Crippen LogP contribution in [0.5, 0.6) is 0 Å². The molecule has 6 heteroatoms. The summed E-state index contributed by atoms with van der Waals surface area (Å²) in [4.78, 5) is 8.39. The molecule has 120 valence electrons. The smallest absolute Gasteiger partial charge is 0.163 e. The summed E-state index contributed by atoms with van der Waals surface area (Å²) in [7, 11) is 0. The lowest BCUT2D eigenvalue weighted by atomic mass is 10.2. The molecule has 0 radical (unpaired) electrons. The number of ether oxygens (including phenoxy) is 4. The highest BCUT2D eigenvalue weighted by molar-refractivity contribution is 5.41. The van der Waals surface area contributed by atoms with Crippen LogP contribution in [0.15, 0.2) is 9.98 Å². The minimum Gasteiger partial charge on any atom is -0.350 e. The highest BCUT2D eigenvalue weighted by Gasteiger charge is 2.29. The maximum Gasteiger partial charge on any atom is 0.163 e. The van der Waals surface area contributed by atoms with E-state index in [1.165, 1.54) is 0 Å². The number of hydrogen-bond donors (Lipinski definition) is 0. The van der Waals surface area contributed by atoms with Gasteiger partial charge in [0.25, 0.3) is 0 Å². The van der Waals surface area contributed by atoms with Gasteiger partial charge in [0.2, 0.25) is 0 Å². The Morgan fingerprint density at radius 3 is 1.67 bits per heavy atom. The quantitative estimate of drug-likeness (QED) is 0.747. The van der Waals surface area contributed by atoms with E-state index in [1.807, 2.05) is 27.7 Å². The largest absolute Gasteiger partial charge is 0.350 e. The third kappa shape index (κ3) is 5.85. The van der Waals surface area contributed by atoms with E-state index in [2.05, 4.69) is 16.0 Å². The number of hydrogen-bond acceptors (Lipinski definition) is 6. The molecule has 0 aromatic carbocycles. The van der Waals surface area contributed by atoms with Gasteiger partial charge in [0.15, 0.2) is 11.6 Å². The van der Waals surface area contributed by atoms with Gasteiger partial charge < -0.3 is 18.9 Å². The molecular formula is C15H26N2O4. The fraction of sp³-hybridized carbons (Fsp3) is 0.933. The van der Waals surface area contributed by atoms with Crippen molar-refractivity contribution in [1.82, 2.24) is 0 Å². The zero-order valence-corrected chi connectivity index (χ0v) is 13.4. The van der Waals surface area contributed by atoms with E-state index in [0.29, 0.717) is 26.3 Å². The van der Waals surface area contributed by atoms with Crippen molar-refractivity contribution in [3.8, 4) is 0 Å². The van der Waals surface area contributed by atoms with Crippen LogP contribution in [0.25, 0.3) is 0 Å². The Balaban J connectivity index is 1.71. The molecule has 2 atom stereocenters. The van der Waals surface area contributed by atoms with Gasteiger partial charge in [-0.05, 0) is 40.5 Å². The number of aliphatic imine (C=N–C) groups is 2. The van der Waals surface area contributed by atoms with Crippen molar-refractivity contribution in [2.45, 2.75) is 64.3 Å². The lowest BCUT2D eigenvalue weighted by molar-refractivity contribution is -0.270. The normalized spacial score (nSPS) is 31.2. The van der Waals surface area contributed by atoms with E-state index in [4.69, 9.17) is 18.9 Å². The molecule has 2 aliphatic heterocycles. The molecule has 2 fully saturated rings. The zero-order valence-electron chi connectivity index (χ0n) is 13.4. The Kier molecular flexibility index (Phi) is 5.52. The SMILES string of the molecule is CC1(C)OCCC(CN=C=NCC2CCOC(C)(C)O2)O1. The summed E-state index contributed by atoms with van der Waals surface area (Å²) in [5.41, 5.74) is 0. The predicted octanol–water partition coefficient (Wildman–Crippen LogP) is 2.24. The van der Waals surface area contributed by atoms with Gasteiger partial charge in [0.05, 0.1) is 44.5 Å². The molecule has 0 amide bonds. The fourth-order valence-electron chi connectivity index (χ4n) is 2.45. The molecular weight excluding hydrogens is 272 g/mol. The summed E-state index contributed by atoms with van der Waals surface area (Å²) in [6.07, 6.45) is 1.86. The molecule has 0 aliphatic carbocycles. The summed E-state index contributed by atoms with van der Waals surface area (Å²) >= 11 is 0. The van der Waals surface area contributed by atoms with Crippen molar-refractivity contribution in [2.24, 2.45) is 9.98 Å². The summed E-state index contributed by atoms with van der Waals surface area (Å²) in [5, 5.41) is 0. The molecule has 2 unspecified atom stereocenters. The van der Waals surface area contributed by atoms with Gasteiger partial charge in [-0.15, -0.1) is 0 Å². The van der Waals surface area contributed by atoms with E-state index in [0.717, 1.165) is 12.8 Å². The summed E-state index contributed by atoms with van der Waals surface area (Å²) in [6, 6.07) is 2.74. The van der Waals surface area contributed by atoms with Crippen LogP contribution < -0.4 is 0 Å². The van der Waals surface area contributed by atoms with Crippen molar-refractivity contribution in [3.63, 3.8) is 0 Å². The maximum atomic E-state index is 5.76. The van der Waals surface area contributed by atoms with E-state index in [-0.39, 0.29) is 12.2 Å². The molecule has 21 heavy (non-hydrogen) atoms. The lowest BCUT2D eigenvalue weighted by Crippen LogP contribution is -2.41. The standard InChI is InChI=1S/C15H26N2O4/c1-14(2)18-7-5-12(20-14)9-16-11-17-10-13-6-8-19-15(3,4)21-13/h12-13H,5-10H2,1-4H3. The second kappa shape index (κ2) is 6.99. The zero-order chi connectivity index (χ0) is 15.3. The highest BCUT2D eigenvalue weighted by Crippen LogP contribution is 2.22. The van der Waals surface area contributed by atoms with Crippen molar-refractivity contribution >= 4 is 6.01 Å². The fourth-order valence-corrected chi connectivity index (χ4v) is 2.45. The average molecular weight is 298 g/mol. The summed E-state index contributed by atoms with van der Waals surface area (Å²) < 4.78 is 22.5. The minimum absolute atomic E-state index is 0.0784. The van der Waals surface area contributed by atoms with Gasteiger partial charge >= 0.3 is 0 Å². The molecule has 2 saturated heterocycles. The predicted molar refractivity (Wildman–Crippen MR) is 78.6 cm³/mol. The van der Waals surface area contributed by atoms with E-state index in [1.54, 1.807) is 0 Å². The van der Waals surface area contributed by atoms with Gasteiger partial charge in [-0.3, -0.25) is 0 Å². The first-order valence-corrected chi connectivity index (χ1v) is 7.58. The molecule has 6 nitrogen and oxygen atoms in total. The monoisotopic (exact) mass is 298 g/mol. The molecule has 2 aliphatic rings. The first kappa shape index (κ1) is 16.6. The van der Waals surface area contributed by atoms with Crippen LogP contribution in [0.2, 0.25) is 0 Å². The van der Waals surface area contributed by atoms with Crippen molar-refractivity contribution in [3.05, 3.63) is 0 Å². The van der Waals surface area contributed by atoms with Crippen molar-refractivity contribution < 1.29 is 18.9 Å². The van der Waals surface area contributed by atoms with Crippen molar-refractivity contribution in [2.75, 3.05) is 26.3 Å². The van der Waals surface area contributed by atoms with Gasteiger partial charge in [-0.25, -0.2) is 9.98 Å². The van der Waals surface area contributed by atoms with Gasteiger partial charge in [0.1, 0.15) is 0 Å². The molecule has 0 saturated carbocycles. The van der Waals surface area contributed by atoms with Crippen LogP contribution in [0.1, 0.15) is 40.5 Å². The number of nitrogens with zero attached hydrogens (tertiary/aromatic N) is 2. The van der Waals surface area contributed by atoms with Gasteiger partial charge in [-0.1, -0.05) is 0 Å². The Labute approximate surface area is 126 Å². The van der Waals surface area contributed by atoms with E-state index < -0.39 is 11.6 Å². The average Bonchev–Trinajstić information content (AvgIpc) is 2.36. The second-order valence-electron chi connectivity index (χ2n) is 6.34. The third-order valence-electron chi connectivity index (χ3n) is 3.41. The minimum atomic E-state index is -0.517. The third-order valence-corrected chi connectivity index (χ3v) is 3.41. The first-order chi connectivity index (χ1) is 9.86. The van der Waals surface area contributed by atoms with E-state index in [9.17, 15) is 0 Å². The molecule has 0 N–H and O–H groups in total. The van der Waals surface area contributed by atoms with Crippen LogP contribution in [0.4, 0.5) is 0 Å². The van der Waals surface area contributed by atoms with Gasteiger partial charge in [-0.2, -0.15) is 0 Å². The molecule has 2 heterocycles. The highest BCUT2D eigenvalue weighted by atomic mass is 16.7. The number of rotatable bonds is 4. The summed E-state index contributed by atoms with van der Waals surface area (Å²) in [6.45, 7) is 10.2. The van der Waals surface area contributed by atoms with Crippen LogP contribution in [0.3, 0.4) is 0 Å². The van der Waals surface area contributed by atoms with Gasteiger partial charge in [0, 0.05) is 0 Å². The lowest BCUT2D eigenvalue weighted by Gasteiger charge is -2.35. The van der Waals surface area contributed by atoms with Crippen LogP contribution in [0, 0.1) is 0 Å². The second-order valence-corrected chi connectivity index (χ2v) is 6.34. The van der Waals surface area contributed by atoms with Crippen LogP contribution in [-0.4, -0.2) is 56.1 Å². The molecule has 0 spiro atoms. The molecule has 0 aromatic heterocycles. The molecule has 0 aromatic rings. The Morgan fingerprint density at radius 1 is 0.857 bits per heavy atom. The molecule has 0 bridgehead atoms. The Morgan fingerprint density at radius 2 is 1.29 bits per heavy atom. The first-order valence-electron chi connectivity index (χ1n) is 7.58. The van der Waals surface area contributed by atoms with Crippen LogP contribution in [-0.2, 0) is 18.9 Å². The Hall–Kier alpha value is -0.780. The topological polar surface area (TPSA) is 61.6 Å². The van der Waals surface area contributed by atoms with E-state index >= 15 is 0 Å². The summed E-state index contributed by atoms with van der Waals surface area (Å²) in [5.74, 6) is -1.03. The van der Waals surface area contributed by atoms with Crippen molar-refractivity contribution in [1.29, 1.82) is 0 Å². The van der Waals surface area contributed by atoms with Crippen LogP contribution >= 0.6 is 0 Å².